The van der Waals surface area contributed by atoms with Crippen LogP contribution in [-0.2, 0) is 27.9 Å². The van der Waals surface area contributed by atoms with E-state index in [1.807, 2.05) is 6.07 Å². The minimum absolute atomic E-state index is 0.00398. The van der Waals surface area contributed by atoms with E-state index in [1.54, 1.807) is 24.3 Å². The van der Waals surface area contributed by atoms with Crippen LogP contribution in [0.25, 0.3) is 0 Å². The summed E-state index contributed by atoms with van der Waals surface area (Å²) in [7, 11) is -10.5. The number of benzene rings is 1. The molecule has 0 radical (unpaired) electrons. The maximum atomic E-state index is 13.9. The molecule has 1 aromatic rings. The lowest BCUT2D eigenvalue weighted by Crippen LogP contribution is -2.61. The van der Waals surface area contributed by atoms with Gasteiger partial charge in [0, 0.05) is 6.42 Å². The molecule has 1 fully saturated rings. The van der Waals surface area contributed by atoms with E-state index in [-0.39, 0.29) is 33.0 Å². The first-order chi connectivity index (χ1) is 17.7. The fourth-order valence-corrected chi connectivity index (χ4v) is 9.10. The standard InChI is InChI=1S/C30H58O6SSi3/c1-28(2,3)38(10,11)33-22-25-27(36-40(14,15)30(7,8)9)24(35-39(12,13)29(4,5)6)21-26(34-25)37(31,32)23-19-17-16-18-20-23/h16-20,24-27H,21-22H2,1-15H3/t24-,25-,26-,27+/m1/s1. The van der Waals surface area contributed by atoms with Gasteiger partial charge in [-0.3, -0.25) is 0 Å². The van der Waals surface area contributed by atoms with E-state index >= 15 is 0 Å². The van der Waals surface area contributed by atoms with Crippen LogP contribution in [0.2, 0.25) is 54.4 Å². The van der Waals surface area contributed by atoms with Crippen molar-refractivity contribution in [3.05, 3.63) is 30.3 Å². The first-order valence-corrected chi connectivity index (χ1v) is 24.9. The smallest absolute Gasteiger partial charge is 0.205 e. The van der Waals surface area contributed by atoms with Crippen LogP contribution in [0.3, 0.4) is 0 Å². The molecule has 0 N–H and O–H groups in total. The van der Waals surface area contributed by atoms with Crippen LogP contribution >= 0.6 is 0 Å². The third-order valence-electron chi connectivity index (χ3n) is 9.81. The summed E-state index contributed by atoms with van der Waals surface area (Å²) < 4.78 is 55.2. The molecule has 1 aromatic carbocycles. The van der Waals surface area contributed by atoms with Gasteiger partial charge in [0.25, 0.3) is 0 Å². The predicted molar refractivity (Wildman–Crippen MR) is 174 cm³/mol. The Morgan fingerprint density at radius 1 is 0.750 bits per heavy atom. The van der Waals surface area contributed by atoms with Gasteiger partial charge in [-0.15, -0.1) is 0 Å². The Balaban J connectivity index is 2.64. The van der Waals surface area contributed by atoms with E-state index in [2.05, 4.69) is 102 Å². The molecule has 0 saturated carbocycles. The molecular formula is C30H58O6SSi3. The molecular weight excluding hydrogens is 573 g/mol. The highest BCUT2D eigenvalue weighted by Crippen LogP contribution is 2.44. The van der Waals surface area contributed by atoms with Crippen molar-refractivity contribution in [3.8, 4) is 0 Å². The average Bonchev–Trinajstić information content (AvgIpc) is 2.77. The van der Waals surface area contributed by atoms with Crippen LogP contribution in [0.4, 0.5) is 0 Å². The molecule has 10 heteroatoms. The van der Waals surface area contributed by atoms with Gasteiger partial charge in [0.1, 0.15) is 6.10 Å². The third-order valence-corrected chi connectivity index (χ3v) is 25.2. The lowest BCUT2D eigenvalue weighted by molar-refractivity contribution is -0.147. The largest absolute Gasteiger partial charge is 0.414 e. The van der Waals surface area contributed by atoms with Crippen molar-refractivity contribution in [2.75, 3.05) is 6.61 Å². The number of hydrogen-bond acceptors (Lipinski definition) is 6. The number of hydrogen-bond donors (Lipinski definition) is 0. The van der Waals surface area contributed by atoms with Gasteiger partial charge in [0.05, 0.1) is 23.7 Å². The van der Waals surface area contributed by atoms with Crippen LogP contribution < -0.4 is 0 Å². The predicted octanol–water partition coefficient (Wildman–Crippen LogP) is 8.38. The number of sulfone groups is 1. The third kappa shape index (κ3) is 8.18. The summed E-state index contributed by atoms with van der Waals surface area (Å²) in [6.45, 7) is 33.5. The molecule has 0 aliphatic carbocycles. The topological polar surface area (TPSA) is 71.1 Å². The van der Waals surface area contributed by atoms with Crippen molar-refractivity contribution in [2.24, 2.45) is 0 Å². The van der Waals surface area contributed by atoms with Crippen molar-refractivity contribution in [1.29, 1.82) is 0 Å². The Morgan fingerprint density at radius 3 is 1.65 bits per heavy atom. The summed E-state index contributed by atoms with van der Waals surface area (Å²) in [5.74, 6) is 0. The Labute approximate surface area is 249 Å². The van der Waals surface area contributed by atoms with Crippen LogP contribution in [0.15, 0.2) is 35.2 Å². The highest BCUT2D eigenvalue weighted by atomic mass is 32.2. The Morgan fingerprint density at radius 2 is 1.20 bits per heavy atom. The highest BCUT2D eigenvalue weighted by Gasteiger charge is 2.52. The average molecular weight is 631 g/mol. The molecule has 1 saturated heterocycles. The van der Waals surface area contributed by atoms with Crippen molar-refractivity contribution >= 4 is 34.8 Å². The molecule has 0 unspecified atom stereocenters. The quantitative estimate of drug-likeness (QED) is 0.255. The minimum atomic E-state index is -3.77. The monoisotopic (exact) mass is 630 g/mol. The zero-order valence-corrected chi connectivity index (χ0v) is 31.8. The second-order valence-electron chi connectivity index (χ2n) is 16.0. The zero-order valence-electron chi connectivity index (χ0n) is 28.0. The van der Waals surface area contributed by atoms with Crippen LogP contribution in [0, 0.1) is 0 Å². The van der Waals surface area contributed by atoms with Crippen molar-refractivity contribution in [3.63, 3.8) is 0 Å². The highest BCUT2D eigenvalue weighted by molar-refractivity contribution is 7.92. The first kappa shape index (κ1) is 35.9. The van der Waals surface area contributed by atoms with Gasteiger partial charge >= 0.3 is 0 Å². The van der Waals surface area contributed by atoms with Gasteiger partial charge < -0.3 is 18.0 Å². The van der Waals surface area contributed by atoms with Gasteiger partial charge in [-0.1, -0.05) is 80.5 Å². The molecule has 1 heterocycles. The van der Waals surface area contributed by atoms with Crippen molar-refractivity contribution < 1.29 is 26.4 Å². The molecule has 232 valence electrons. The maximum Gasteiger partial charge on any atom is 0.205 e. The molecule has 0 aromatic heterocycles. The second-order valence-corrected chi connectivity index (χ2v) is 32.4. The molecule has 1 aliphatic heterocycles. The molecule has 1 aliphatic rings. The summed E-state index contributed by atoms with van der Waals surface area (Å²) in [4.78, 5) is 0.263. The summed E-state index contributed by atoms with van der Waals surface area (Å²) in [5.41, 5.74) is -1.04. The second kappa shape index (κ2) is 12.0. The molecule has 0 bridgehead atoms. The Kier molecular flexibility index (Phi) is 10.7. The summed E-state index contributed by atoms with van der Waals surface area (Å²) in [6.07, 6.45) is -1.21. The van der Waals surface area contributed by atoms with E-state index in [0.29, 0.717) is 0 Å². The normalized spacial score (nSPS) is 24.3. The lowest BCUT2D eigenvalue weighted by atomic mass is 10.0. The van der Waals surface area contributed by atoms with Crippen LogP contribution in [0.1, 0.15) is 68.7 Å². The molecule has 2 rings (SSSR count). The van der Waals surface area contributed by atoms with Crippen molar-refractivity contribution in [1.82, 2.24) is 0 Å². The number of rotatable bonds is 9. The molecule has 0 amide bonds. The summed E-state index contributed by atoms with van der Waals surface area (Å²) in [5, 5.41) is -0.0793. The maximum absolute atomic E-state index is 13.9. The van der Waals surface area contributed by atoms with Crippen LogP contribution in [0.5, 0.6) is 0 Å². The first-order valence-electron chi connectivity index (χ1n) is 14.7. The molecule has 40 heavy (non-hydrogen) atoms. The SMILES string of the molecule is CC(C)(C)[Si](C)(C)OC[C@H]1O[C@H](S(=O)(=O)c2ccccc2)C[C@@H](O[Si](C)(C)C(C)(C)C)[C@@H]1O[Si](C)(C)C(C)(C)C. The van der Waals surface area contributed by atoms with Gasteiger partial charge in [-0.25, -0.2) is 8.42 Å². The summed E-state index contributed by atoms with van der Waals surface area (Å²) in [6, 6.07) is 8.61. The number of ether oxygens (including phenoxy) is 1. The van der Waals surface area contributed by atoms with Crippen LogP contribution in [-0.4, -0.2) is 63.7 Å². The van der Waals surface area contributed by atoms with E-state index < -0.39 is 58.5 Å². The minimum Gasteiger partial charge on any atom is -0.414 e. The molecule has 4 atom stereocenters. The van der Waals surface area contributed by atoms with E-state index in [1.165, 1.54) is 0 Å². The van der Waals surface area contributed by atoms with Gasteiger partial charge in [0.15, 0.2) is 30.4 Å². The zero-order chi connectivity index (χ0) is 31.2. The van der Waals surface area contributed by atoms with Gasteiger partial charge in [-0.05, 0) is 66.5 Å². The fraction of sp³-hybridized carbons (Fsp3) is 0.800. The lowest BCUT2D eigenvalue weighted by Gasteiger charge is -2.50. The Hall–Kier alpha value is -0.339. The van der Waals surface area contributed by atoms with Gasteiger partial charge in [0.2, 0.25) is 9.84 Å². The fourth-order valence-electron chi connectivity index (χ4n) is 3.83. The van der Waals surface area contributed by atoms with Gasteiger partial charge in [-0.2, -0.15) is 0 Å². The molecule has 0 spiro atoms. The van der Waals surface area contributed by atoms with E-state index in [4.69, 9.17) is 18.0 Å². The van der Waals surface area contributed by atoms with E-state index in [0.717, 1.165) is 0 Å². The molecule has 6 nitrogen and oxygen atoms in total. The summed E-state index contributed by atoms with van der Waals surface area (Å²) >= 11 is 0. The van der Waals surface area contributed by atoms with Crippen molar-refractivity contribution in [2.45, 2.75) is 152 Å². The van der Waals surface area contributed by atoms with E-state index in [9.17, 15) is 8.42 Å². The Bertz CT molecular complexity index is 1080.